The number of pyridine rings is 1. The second kappa shape index (κ2) is 7.68. The lowest BCUT2D eigenvalue weighted by molar-refractivity contribution is 0.312. The van der Waals surface area contributed by atoms with Gasteiger partial charge in [0.2, 0.25) is 0 Å². The Morgan fingerprint density at radius 1 is 1.09 bits per heavy atom. The average molecular weight is 438 g/mol. The number of likely N-dealkylation sites (N-methyl/N-ethyl adjacent to an activating group) is 1. The van der Waals surface area contributed by atoms with Crippen LogP contribution in [-0.2, 0) is 0 Å². The van der Waals surface area contributed by atoms with Gasteiger partial charge >= 0.3 is 0 Å². The van der Waals surface area contributed by atoms with Crippen molar-refractivity contribution in [2.75, 3.05) is 43.9 Å². The molecular formula is C21H20F2N8O. The molecule has 1 aromatic carbocycles. The fourth-order valence-corrected chi connectivity index (χ4v) is 3.92. The van der Waals surface area contributed by atoms with Crippen LogP contribution in [0.5, 0.6) is 0 Å². The average Bonchev–Trinajstić information content (AvgIpc) is 3.18. The molecule has 0 spiro atoms. The van der Waals surface area contributed by atoms with E-state index in [4.69, 9.17) is 5.73 Å². The minimum atomic E-state index is -0.875. The van der Waals surface area contributed by atoms with Crippen molar-refractivity contribution in [1.29, 1.82) is 0 Å². The summed E-state index contributed by atoms with van der Waals surface area (Å²) in [4.78, 5) is 26.2. The Balaban J connectivity index is 1.71. The van der Waals surface area contributed by atoms with Crippen LogP contribution < -0.4 is 16.2 Å². The van der Waals surface area contributed by atoms with Crippen molar-refractivity contribution in [1.82, 2.24) is 29.6 Å². The van der Waals surface area contributed by atoms with Gasteiger partial charge in [0.25, 0.3) is 5.56 Å². The van der Waals surface area contributed by atoms with Crippen molar-refractivity contribution in [2.24, 2.45) is 0 Å². The van der Waals surface area contributed by atoms with E-state index in [-0.39, 0.29) is 11.2 Å². The van der Waals surface area contributed by atoms with Gasteiger partial charge in [0.05, 0.1) is 11.2 Å². The van der Waals surface area contributed by atoms with Gasteiger partial charge in [-0.05, 0) is 19.2 Å². The van der Waals surface area contributed by atoms with Crippen LogP contribution in [0.25, 0.3) is 27.8 Å². The first-order chi connectivity index (χ1) is 15.4. The number of nitrogens with two attached hydrogens (primary N) is 1. The number of para-hydroxylation sites is 1. The number of halogens is 2. The van der Waals surface area contributed by atoms with E-state index < -0.39 is 22.9 Å². The van der Waals surface area contributed by atoms with Gasteiger partial charge in [-0.3, -0.25) is 14.5 Å². The minimum absolute atomic E-state index is 0.0323. The number of rotatable bonds is 3. The Morgan fingerprint density at radius 2 is 1.81 bits per heavy atom. The fraction of sp³-hybridized carbons (Fsp3) is 0.238. The molecule has 1 aliphatic heterocycles. The molecule has 0 amide bonds. The van der Waals surface area contributed by atoms with Crippen molar-refractivity contribution >= 4 is 22.5 Å². The molecule has 0 saturated carbocycles. The van der Waals surface area contributed by atoms with Crippen LogP contribution in [0.1, 0.15) is 0 Å². The smallest absolute Gasteiger partial charge is 0.268 e. The molecule has 0 aliphatic carbocycles. The number of anilines is 2. The number of hydrogen-bond acceptors (Lipinski definition) is 7. The highest BCUT2D eigenvalue weighted by Crippen LogP contribution is 2.29. The molecule has 1 aliphatic rings. The van der Waals surface area contributed by atoms with Crippen molar-refractivity contribution in [2.45, 2.75) is 0 Å². The zero-order chi connectivity index (χ0) is 22.4. The van der Waals surface area contributed by atoms with Gasteiger partial charge < -0.3 is 15.5 Å². The number of nitrogen functional groups attached to an aromatic ring is 1. The van der Waals surface area contributed by atoms with E-state index in [1.165, 1.54) is 18.6 Å². The van der Waals surface area contributed by atoms with Gasteiger partial charge in [-0.2, -0.15) is 5.10 Å². The summed E-state index contributed by atoms with van der Waals surface area (Å²) in [5, 5.41) is 6.72. The van der Waals surface area contributed by atoms with E-state index in [0.29, 0.717) is 16.8 Å². The summed E-state index contributed by atoms with van der Waals surface area (Å²) in [5.74, 6) is -1.09. The molecule has 0 unspecified atom stereocenters. The van der Waals surface area contributed by atoms with E-state index in [0.717, 1.165) is 48.7 Å². The summed E-state index contributed by atoms with van der Waals surface area (Å²) in [5.41, 5.74) is 5.96. The van der Waals surface area contributed by atoms with Crippen LogP contribution in [0.3, 0.4) is 0 Å². The SMILES string of the molecule is CN1CCN(c2cc(-c3cn(-c4c(F)cccc4F)c(=O)c4c(N)n[nH]c34)ncn2)CC1. The van der Waals surface area contributed by atoms with E-state index in [1.54, 1.807) is 6.07 Å². The lowest BCUT2D eigenvalue weighted by Gasteiger charge is -2.33. The van der Waals surface area contributed by atoms with Crippen molar-refractivity contribution in [3.63, 3.8) is 0 Å². The first kappa shape index (κ1) is 20.1. The predicted molar refractivity (Wildman–Crippen MR) is 117 cm³/mol. The van der Waals surface area contributed by atoms with E-state index in [2.05, 4.69) is 37.0 Å². The number of H-pyrrole nitrogens is 1. The van der Waals surface area contributed by atoms with Crippen LogP contribution in [0.15, 0.2) is 41.6 Å². The minimum Gasteiger partial charge on any atom is -0.382 e. The van der Waals surface area contributed by atoms with Gasteiger partial charge in [-0.25, -0.2) is 18.7 Å². The van der Waals surface area contributed by atoms with Crippen molar-refractivity contribution < 1.29 is 8.78 Å². The second-order valence-corrected chi connectivity index (χ2v) is 7.70. The van der Waals surface area contributed by atoms with Gasteiger partial charge in [0, 0.05) is 44.0 Å². The number of nitrogens with one attached hydrogen (secondary N) is 1. The molecule has 0 radical (unpaired) electrons. The highest BCUT2D eigenvalue weighted by atomic mass is 19.1. The monoisotopic (exact) mass is 438 g/mol. The molecule has 11 heteroatoms. The van der Waals surface area contributed by atoms with Crippen molar-refractivity contribution in [3.05, 3.63) is 58.8 Å². The van der Waals surface area contributed by atoms with Gasteiger partial charge in [-0.1, -0.05) is 6.07 Å². The van der Waals surface area contributed by atoms with Gasteiger partial charge in [0.15, 0.2) is 5.82 Å². The summed E-state index contributed by atoms with van der Waals surface area (Å²) < 4.78 is 30.0. The van der Waals surface area contributed by atoms with E-state index >= 15 is 0 Å². The Labute approximate surface area is 181 Å². The number of hydrogen-bond donors (Lipinski definition) is 2. The molecule has 9 nitrogen and oxygen atoms in total. The Hall–Kier alpha value is -3.86. The molecule has 1 saturated heterocycles. The molecule has 4 aromatic rings. The zero-order valence-corrected chi connectivity index (χ0v) is 17.2. The van der Waals surface area contributed by atoms with Gasteiger partial charge in [0.1, 0.15) is 34.9 Å². The lowest BCUT2D eigenvalue weighted by atomic mass is 10.1. The molecule has 32 heavy (non-hydrogen) atoms. The third kappa shape index (κ3) is 3.26. The lowest BCUT2D eigenvalue weighted by Crippen LogP contribution is -2.44. The molecule has 0 bridgehead atoms. The largest absolute Gasteiger partial charge is 0.382 e. The van der Waals surface area contributed by atoms with E-state index in [9.17, 15) is 13.6 Å². The fourth-order valence-electron chi connectivity index (χ4n) is 3.92. The van der Waals surface area contributed by atoms with Crippen LogP contribution in [-0.4, -0.2) is 62.9 Å². The zero-order valence-electron chi connectivity index (χ0n) is 17.2. The van der Waals surface area contributed by atoms with Crippen molar-refractivity contribution in [3.8, 4) is 16.9 Å². The third-order valence-corrected chi connectivity index (χ3v) is 5.69. The maximum Gasteiger partial charge on any atom is 0.268 e. The molecule has 4 heterocycles. The number of nitrogens with zero attached hydrogens (tertiary/aromatic N) is 6. The molecule has 5 rings (SSSR count). The molecular weight excluding hydrogens is 418 g/mol. The molecule has 3 aromatic heterocycles. The summed E-state index contributed by atoms with van der Waals surface area (Å²) in [6.45, 7) is 3.41. The number of aromatic nitrogens is 5. The first-order valence-corrected chi connectivity index (χ1v) is 10.0. The number of aromatic amines is 1. The third-order valence-electron chi connectivity index (χ3n) is 5.69. The summed E-state index contributed by atoms with van der Waals surface area (Å²) in [6, 6.07) is 5.19. The highest BCUT2D eigenvalue weighted by molar-refractivity contribution is 5.97. The number of fused-ring (bicyclic) bond motifs is 1. The summed E-state index contributed by atoms with van der Waals surface area (Å²) >= 11 is 0. The normalized spacial score (nSPS) is 14.9. The van der Waals surface area contributed by atoms with Gasteiger partial charge in [-0.15, -0.1) is 0 Å². The molecule has 164 valence electrons. The summed E-state index contributed by atoms with van der Waals surface area (Å²) in [7, 11) is 2.06. The predicted octanol–water partition coefficient (Wildman–Crippen LogP) is 1.78. The standard InChI is InChI=1S/C21H20F2N8O/c1-29-5-7-30(8-6-29)16-9-15(25-11-26-16)12-10-31(19-13(22)3-2-4-14(19)23)21(32)17-18(12)27-28-20(17)24/h2-4,9-11H,5-8H2,1H3,(H3,24,27,28). The van der Waals surface area contributed by atoms with E-state index in [1.807, 2.05) is 0 Å². The quantitative estimate of drug-likeness (QED) is 0.502. The maximum absolute atomic E-state index is 14.5. The Kier molecular flexibility index (Phi) is 4.82. The molecule has 3 N–H and O–H groups in total. The molecule has 0 atom stereocenters. The Morgan fingerprint density at radius 3 is 2.53 bits per heavy atom. The maximum atomic E-state index is 14.5. The first-order valence-electron chi connectivity index (χ1n) is 10.0. The van der Waals surface area contributed by atoms with Crippen LogP contribution in [0.4, 0.5) is 20.4 Å². The number of piperazine rings is 1. The highest BCUT2D eigenvalue weighted by Gasteiger charge is 2.22. The second-order valence-electron chi connectivity index (χ2n) is 7.70. The molecule has 1 fully saturated rings. The van der Waals surface area contributed by atoms with Crippen LogP contribution in [0, 0.1) is 11.6 Å². The Bertz CT molecular complexity index is 1350. The van der Waals surface area contributed by atoms with Crippen LogP contribution in [0.2, 0.25) is 0 Å². The topological polar surface area (TPSA) is 109 Å². The summed E-state index contributed by atoms with van der Waals surface area (Å²) in [6.07, 6.45) is 2.77. The van der Waals surface area contributed by atoms with Crippen LogP contribution >= 0.6 is 0 Å². The number of benzene rings is 1.